The van der Waals surface area contributed by atoms with Crippen molar-refractivity contribution in [2.24, 2.45) is 13.0 Å². The lowest BCUT2D eigenvalue weighted by Crippen LogP contribution is -2.00. The molecule has 0 bridgehead atoms. The molecule has 2 aromatic carbocycles. The molecular weight excluding hydrogens is 421 g/mol. The number of halogens is 1. The summed E-state index contributed by atoms with van der Waals surface area (Å²) in [4.78, 5) is 14.3. The predicted molar refractivity (Wildman–Crippen MR) is 125 cm³/mol. The molecule has 6 nitrogen and oxygen atoms in total. The topological polar surface area (TPSA) is 77.2 Å². The molecule has 7 heteroatoms. The lowest BCUT2D eigenvalue weighted by molar-refractivity contribution is -0.138. The van der Waals surface area contributed by atoms with Crippen LogP contribution in [-0.4, -0.2) is 25.8 Å². The van der Waals surface area contributed by atoms with Gasteiger partial charge in [0.25, 0.3) is 0 Å². The van der Waals surface area contributed by atoms with Crippen LogP contribution in [0, 0.1) is 25.6 Å². The van der Waals surface area contributed by atoms with Crippen molar-refractivity contribution in [1.82, 2.24) is 14.8 Å². The Bertz CT molecular complexity index is 1310. The number of carboxylic acids is 1. The minimum absolute atomic E-state index is 0.0185. The van der Waals surface area contributed by atoms with Crippen LogP contribution in [0.25, 0.3) is 22.2 Å². The first-order valence-electron chi connectivity index (χ1n) is 10.8. The Labute approximate surface area is 191 Å². The summed E-state index contributed by atoms with van der Waals surface area (Å²) < 4.78 is 22.0. The van der Waals surface area contributed by atoms with Crippen LogP contribution < -0.4 is 4.74 Å². The van der Waals surface area contributed by atoms with Gasteiger partial charge < -0.3 is 9.84 Å². The lowest BCUT2D eigenvalue weighted by Gasteiger charge is -2.11. The van der Waals surface area contributed by atoms with E-state index in [-0.39, 0.29) is 18.3 Å². The first kappa shape index (κ1) is 22.5. The molecule has 33 heavy (non-hydrogen) atoms. The average Bonchev–Trinajstić information content (AvgIpc) is 3.57. The number of pyridine rings is 1. The van der Waals surface area contributed by atoms with E-state index >= 15 is 0 Å². The molecule has 5 rings (SSSR count). The zero-order valence-corrected chi connectivity index (χ0v) is 18.9. The van der Waals surface area contributed by atoms with Crippen molar-refractivity contribution < 1.29 is 19.0 Å². The molecule has 170 valence electrons. The molecule has 0 atom stereocenters. The molecule has 4 aromatic rings. The van der Waals surface area contributed by atoms with Crippen molar-refractivity contribution in [2.75, 3.05) is 0 Å². The summed E-state index contributed by atoms with van der Waals surface area (Å²) in [6, 6.07) is 14.9. The second kappa shape index (κ2) is 9.40. The quantitative estimate of drug-likeness (QED) is 0.440. The molecule has 0 spiro atoms. The van der Waals surface area contributed by atoms with E-state index in [1.807, 2.05) is 57.3 Å². The zero-order valence-electron chi connectivity index (χ0n) is 18.9. The number of aliphatic carboxylic acids is 1. The van der Waals surface area contributed by atoms with E-state index < -0.39 is 5.97 Å². The number of carbonyl (C=O) groups is 1. The third kappa shape index (κ3) is 5.37. The molecule has 1 aliphatic carbocycles. The second-order valence-corrected chi connectivity index (χ2v) is 8.34. The standard InChI is InChI=1S/C22H20FN3O.C4H6O2/c1-14-5-4-6-18(9-14)27-13-17-11-16(7-8-20(17)23)19-10-15(2)25-21-12-24-26(3)22(19)21;5-4(6)3-1-2-3/h4-12H,13H2,1-3H3;3H,1-2H2,(H,5,6). The summed E-state index contributed by atoms with van der Waals surface area (Å²) in [5.41, 5.74) is 6.17. The lowest BCUT2D eigenvalue weighted by atomic mass is 10.0. The van der Waals surface area contributed by atoms with Crippen LogP contribution in [0.1, 0.15) is 29.7 Å². The number of nitrogens with zero attached hydrogens (tertiary/aromatic N) is 3. The summed E-state index contributed by atoms with van der Waals surface area (Å²) >= 11 is 0. The number of aromatic nitrogens is 3. The van der Waals surface area contributed by atoms with E-state index in [0.717, 1.165) is 52.0 Å². The molecule has 0 unspecified atom stereocenters. The fourth-order valence-corrected chi connectivity index (χ4v) is 3.59. The number of rotatable bonds is 5. The second-order valence-electron chi connectivity index (χ2n) is 8.34. The predicted octanol–water partition coefficient (Wildman–Crippen LogP) is 5.45. The first-order valence-corrected chi connectivity index (χ1v) is 10.8. The first-order chi connectivity index (χ1) is 15.8. The van der Waals surface area contributed by atoms with E-state index in [1.165, 1.54) is 6.07 Å². The smallest absolute Gasteiger partial charge is 0.306 e. The third-order valence-electron chi connectivity index (χ3n) is 5.49. The van der Waals surface area contributed by atoms with Gasteiger partial charge in [0.2, 0.25) is 0 Å². The molecule has 0 radical (unpaired) electrons. The van der Waals surface area contributed by atoms with Gasteiger partial charge in [0, 0.05) is 23.9 Å². The maximum atomic E-state index is 14.4. The molecule has 2 heterocycles. The number of hydrogen-bond acceptors (Lipinski definition) is 4. The van der Waals surface area contributed by atoms with Gasteiger partial charge >= 0.3 is 5.97 Å². The van der Waals surface area contributed by atoms with Crippen molar-refractivity contribution in [1.29, 1.82) is 0 Å². The van der Waals surface area contributed by atoms with E-state index in [1.54, 1.807) is 16.9 Å². The maximum absolute atomic E-state index is 14.4. The molecule has 0 aliphatic heterocycles. The molecule has 0 amide bonds. The Morgan fingerprint density at radius 1 is 1.18 bits per heavy atom. The Kier molecular flexibility index (Phi) is 6.40. The van der Waals surface area contributed by atoms with Crippen molar-refractivity contribution in [3.8, 4) is 16.9 Å². The SMILES string of the molecule is Cc1cccc(OCc2cc(-c3cc(C)nc4cnn(C)c34)ccc2F)c1.O=C(O)C1CC1. The summed E-state index contributed by atoms with van der Waals surface area (Å²) in [5, 5.41) is 12.4. The van der Waals surface area contributed by atoms with Gasteiger partial charge in [-0.15, -0.1) is 0 Å². The van der Waals surface area contributed by atoms with Crippen LogP contribution in [0.3, 0.4) is 0 Å². The van der Waals surface area contributed by atoms with Crippen LogP contribution in [0.15, 0.2) is 54.7 Å². The van der Waals surface area contributed by atoms with Crippen molar-refractivity contribution in [3.05, 3.63) is 77.4 Å². The van der Waals surface area contributed by atoms with Gasteiger partial charge in [-0.25, -0.2) is 9.37 Å². The molecule has 1 fully saturated rings. The van der Waals surface area contributed by atoms with Gasteiger partial charge in [-0.05, 0) is 68.1 Å². The normalized spacial score (nSPS) is 12.8. The van der Waals surface area contributed by atoms with Crippen LogP contribution >= 0.6 is 0 Å². The third-order valence-corrected chi connectivity index (χ3v) is 5.49. The molecule has 1 N–H and O–H groups in total. The van der Waals surface area contributed by atoms with Crippen molar-refractivity contribution in [2.45, 2.75) is 33.3 Å². The monoisotopic (exact) mass is 447 g/mol. The fraction of sp³-hybridized carbons (Fsp3) is 0.269. The highest BCUT2D eigenvalue weighted by molar-refractivity contribution is 5.91. The Hall–Kier alpha value is -3.74. The van der Waals surface area contributed by atoms with Gasteiger partial charge in [0.15, 0.2) is 0 Å². The molecule has 1 saturated carbocycles. The number of benzene rings is 2. The van der Waals surface area contributed by atoms with Gasteiger partial charge in [-0.1, -0.05) is 18.2 Å². The van der Waals surface area contributed by atoms with Crippen LogP contribution in [-0.2, 0) is 18.4 Å². The summed E-state index contributed by atoms with van der Waals surface area (Å²) in [5.74, 6) is -0.160. The van der Waals surface area contributed by atoms with E-state index in [4.69, 9.17) is 9.84 Å². The Morgan fingerprint density at radius 3 is 2.64 bits per heavy atom. The number of hydrogen-bond donors (Lipinski definition) is 1. The zero-order chi connectivity index (χ0) is 23.5. The molecular formula is C26H26FN3O3. The number of carboxylic acid groups (broad SMARTS) is 1. The largest absolute Gasteiger partial charge is 0.489 e. The fourth-order valence-electron chi connectivity index (χ4n) is 3.59. The van der Waals surface area contributed by atoms with Crippen LogP contribution in [0.2, 0.25) is 0 Å². The number of aryl methyl sites for hydroxylation is 3. The minimum atomic E-state index is -0.630. The highest BCUT2D eigenvalue weighted by atomic mass is 19.1. The van der Waals surface area contributed by atoms with Gasteiger partial charge in [-0.2, -0.15) is 5.10 Å². The van der Waals surface area contributed by atoms with Gasteiger partial charge in [0.1, 0.15) is 23.7 Å². The summed E-state index contributed by atoms with van der Waals surface area (Å²) in [6.07, 6.45) is 3.54. The Morgan fingerprint density at radius 2 is 1.97 bits per heavy atom. The molecule has 1 aliphatic rings. The highest BCUT2D eigenvalue weighted by Crippen LogP contribution is 2.30. The van der Waals surface area contributed by atoms with Crippen molar-refractivity contribution >= 4 is 17.0 Å². The van der Waals surface area contributed by atoms with Gasteiger partial charge in [-0.3, -0.25) is 9.48 Å². The average molecular weight is 448 g/mol. The minimum Gasteiger partial charge on any atom is -0.489 e. The van der Waals surface area contributed by atoms with Crippen molar-refractivity contribution in [3.63, 3.8) is 0 Å². The van der Waals surface area contributed by atoms with Gasteiger partial charge in [0.05, 0.1) is 17.6 Å². The number of fused-ring (bicyclic) bond motifs is 1. The van der Waals surface area contributed by atoms with Crippen LogP contribution in [0.4, 0.5) is 4.39 Å². The maximum Gasteiger partial charge on any atom is 0.306 e. The summed E-state index contributed by atoms with van der Waals surface area (Å²) in [6.45, 7) is 4.11. The van der Waals surface area contributed by atoms with E-state index in [0.29, 0.717) is 5.56 Å². The number of ether oxygens (including phenoxy) is 1. The highest BCUT2D eigenvalue weighted by Gasteiger charge is 2.28. The van der Waals surface area contributed by atoms with E-state index in [9.17, 15) is 9.18 Å². The Balaban J connectivity index is 0.000000376. The summed E-state index contributed by atoms with van der Waals surface area (Å²) in [7, 11) is 1.88. The van der Waals surface area contributed by atoms with Crippen LogP contribution in [0.5, 0.6) is 5.75 Å². The molecule has 2 aromatic heterocycles. The van der Waals surface area contributed by atoms with E-state index in [2.05, 4.69) is 10.1 Å². The molecule has 0 saturated heterocycles.